The fourth-order valence-electron chi connectivity index (χ4n) is 2.55. The first kappa shape index (κ1) is 15.8. The van der Waals surface area contributed by atoms with Crippen molar-refractivity contribution in [2.24, 2.45) is 0 Å². The van der Waals surface area contributed by atoms with Crippen LogP contribution in [0.5, 0.6) is 0 Å². The molecule has 116 valence electrons. The number of hydrogen-bond donors (Lipinski definition) is 1. The van der Waals surface area contributed by atoms with Gasteiger partial charge in [0.1, 0.15) is 0 Å². The molecule has 21 heavy (non-hydrogen) atoms. The summed E-state index contributed by atoms with van der Waals surface area (Å²) in [6, 6.07) is 4.49. The topological polar surface area (TPSA) is 38.3 Å². The molecule has 0 aromatic heterocycles. The number of nitrogens with one attached hydrogen (secondary N) is 1. The summed E-state index contributed by atoms with van der Waals surface area (Å²) >= 11 is 0. The fraction of sp³-hybridized carbons (Fsp3) is 0.533. The van der Waals surface area contributed by atoms with E-state index in [4.69, 9.17) is 4.74 Å². The van der Waals surface area contributed by atoms with Crippen molar-refractivity contribution >= 4 is 5.91 Å². The van der Waals surface area contributed by atoms with Crippen LogP contribution in [0, 0.1) is 0 Å². The number of benzene rings is 1. The van der Waals surface area contributed by atoms with Gasteiger partial charge < -0.3 is 10.1 Å². The van der Waals surface area contributed by atoms with E-state index in [1.54, 1.807) is 7.11 Å². The van der Waals surface area contributed by atoms with E-state index in [0.717, 1.165) is 37.8 Å². The summed E-state index contributed by atoms with van der Waals surface area (Å²) in [5.41, 5.74) is -0.767. The van der Waals surface area contributed by atoms with Gasteiger partial charge in [0.05, 0.1) is 11.7 Å². The summed E-state index contributed by atoms with van der Waals surface area (Å²) in [5.74, 6) is -0.457. The van der Waals surface area contributed by atoms with Crippen LogP contribution in [0.25, 0.3) is 0 Å². The lowest BCUT2D eigenvalue weighted by Crippen LogP contribution is -2.39. The highest BCUT2D eigenvalue weighted by atomic mass is 19.4. The van der Waals surface area contributed by atoms with Gasteiger partial charge in [-0.3, -0.25) is 4.79 Å². The van der Waals surface area contributed by atoms with E-state index in [2.05, 4.69) is 5.32 Å². The normalized spacial score (nSPS) is 22.9. The summed E-state index contributed by atoms with van der Waals surface area (Å²) < 4.78 is 43.1. The van der Waals surface area contributed by atoms with Crippen molar-refractivity contribution in [1.29, 1.82) is 0 Å². The Balaban J connectivity index is 1.98. The van der Waals surface area contributed by atoms with Crippen LogP contribution in [0.15, 0.2) is 24.3 Å². The average Bonchev–Trinajstić information content (AvgIpc) is 2.47. The number of ether oxygens (including phenoxy) is 1. The quantitative estimate of drug-likeness (QED) is 0.929. The van der Waals surface area contributed by atoms with Gasteiger partial charge in [-0.2, -0.15) is 13.2 Å². The standard InChI is InChI=1S/C15H18F3NO2/c1-21-13-7-5-12(6-8-13)19-14(20)10-3-2-4-11(9-10)15(16,17)18/h2-4,9,12-13H,5-8H2,1H3,(H,19,20). The Morgan fingerprint density at radius 2 is 1.90 bits per heavy atom. The second-order valence-corrected chi connectivity index (χ2v) is 5.26. The highest BCUT2D eigenvalue weighted by Crippen LogP contribution is 2.29. The molecule has 1 amide bonds. The molecule has 6 heteroatoms. The van der Waals surface area contributed by atoms with Crippen molar-refractivity contribution < 1.29 is 22.7 Å². The van der Waals surface area contributed by atoms with Crippen LogP contribution in [0.4, 0.5) is 13.2 Å². The second kappa shape index (κ2) is 6.47. The first-order valence-corrected chi connectivity index (χ1v) is 6.91. The van der Waals surface area contributed by atoms with E-state index < -0.39 is 17.6 Å². The van der Waals surface area contributed by atoms with E-state index in [-0.39, 0.29) is 17.7 Å². The van der Waals surface area contributed by atoms with Gasteiger partial charge in [0, 0.05) is 18.7 Å². The molecule has 1 aliphatic carbocycles. The molecular weight excluding hydrogens is 283 g/mol. The van der Waals surface area contributed by atoms with E-state index in [9.17, 15) is 18.0 Å². The van der Waals surface area contributed by atoms with Crippen molar-refractivity contribution in [3.8, 4) is 0 Å². The lowest BCUT2D eigenvalue weighted by Gasteiger charge is -2.28. The maximum absolute atomic E-state index is 12.6. The zero-order valence-electron chi connectivity index (χ0n) is 11.7. The van der Waals surface area contributed by atoms with Crippen molar-refractivity contribution in [2.75, 3.05) is 7.11 Å². The molecule has 1 N–H and O–H groups in total. The number of rotatable bonds is 3. The van der Waals surface area contributed by atoms with Crippen molar-refractivity contribution in [2.45, 2.75) is 44.0 Å². The van der Waals surface area contributed by atoms with Gasteiger partial charge in [0.25, 0.3) is 5.91 Å². The lowest BCUT2D eigenvalue weighted by atomic mass is 9.92. The molecule has 0 unspecified atom stereocenters. The van der Waals surface area contributed by atoms with E-state index >= 15 is 0 Å². The molecule has 0 saturated heterocycles. The molecule has 3 nitrogen and oxygen atoms in total. The van der Waals surface area contributed by atoms with Crippen LogP contribution in [-0.2, 0) is 10.9 Å². The van der Waals surface area contributed by atoms with Crippen LogP contribution in [0.3, 0.4) is 0 Å². The molecule has 1 aromatic carbocycles. The Labute approximate surface area is 121 Å². The zero-order valence-corrected chi connectivity index (χ0v) is 11.7. The van der Waals surface area contributed by atoms with E-state index in [0.29, 0.717) is 0 Å². The zero-order chi connectivity index (χ0) is 15.5. The summed E-state index contributed by atoms with van der Waals surface area (Å²) in [4.78, 5) is 12.0. The lowest BCUT2D eigenvalue weighted by molar-refractivity contribution is -0.137. The van der Waals surface area contributed by atoms with Crippen molar-refractivity contribution in [1.82, 2.24) is 5.32 Å². The van der Waals surface area contributed by atoms with Crippen LogP contribution < -0.4 is 5.32 Å². The van der Waals surface area contributed by atoms with Crippen LogP contribution in [0.2, 0.25) is 0 Å². The molecule has 1 fully saturated rings. The van der Waals surface area contributed by atoms with Crippen LogP contribution in [-0.4, -0.2) is 25.2 Å². The monoisotopic (exact) mass is 301 g/mol. The van der Waals surface area contributed by atoms with Gasteiger partial charge in [-0.15, -0.1) is 0 Å². The Hall–Kier alpha value is -1.56. The number of hydrogen-bond acceptors (Lipinski definition) is 2. The highest BCUT2D eigenvalue weighted by molar-refractivity contribution is 5.94. The molecule has 1 saturated carbocycles. The molecule has 0 spiro atoms. The number of methoxy groups -OCH3 is 1. The van der Waals surface area contributed by atoms with Crippen LogP contribution >= 0.6 is 0 Å². The minimum Gasteiger partial charge on any atom is -0.381 e. The number of alkyl halides is 3. The number of carbonyl (C=O) groups excluding carboxylic acids is 1. The van der Waals surface area contributed by atoms with E-state index in [1.807, 2.05) is 0 Å². The summed E-state index contributed by atoms with van der Waals surface area (Å²) in [6.07, 6.45) is -0.959. The summed E-state index contributed by atoms with van der Waals surface area (Å²) in [7, 11) is 1.66. The predicted octanol–water partition coefficient (Wildman–Crippen LogP) is 3.39. The molecule has 0 heterocycles. The van der Waals surface area contributed by atoms with Gasteiger partial charge in [-0.1, -0.05) is 6.07 Å². The minimum absolute atomic E-state index is 0.00144. The Morgan fingerprint density at radius 1 is 1.24 bits per heavy atom. The molecule has 1 aromatic rings. The maximum Gasteiger partial charge on any atom is 0.416 e. The number of halogens is 3. The van der Waals surface area contributed by atoms with Gasteiger partial charge in [0.15, 0.2) is 0 Å². The van der Waals surface area contributed by atoms with Crippen LogP contribution in [0.1, 0.15) is 41.6 Å². The SMILES string of the molecule is COC1CCC(NC(=O)c2cccc(C(F)(F)F)c2)CC1. The number of carbonyl (C=O) groups is 1. The molecular formula is C15H18F3NO2. The molecule has 0 radical (unpaired) electrons. The van der Waals surface area contributed by atoms with Crippen molar-refractivity contribution in [3.05, 3.63) is 35.4 Å². The van der Waals surface area contributed by atoms with Gasteiger partial charge in [0.2, 0.25) is 0 Å². The first-order chi connectivity index (χ1) is 9.90. The predicted molar refractivity (Wildman–Crippen MR) is 72.0 cm³/mol. The molecule has 0 atom stereocenters. The third kappa shape index (κ3) is 4.20. The number of amides is 1. The molecule has 0 bridgehead atoms. The molecule has 0 aliphatic heterocycles. The van der Waals surface area contributed by atoms with Gasteiger partial charge >= 0.3 is 6.18 Å². The summed E-state index contributed by atoms with van der Waals surface area (Å²) in [5, 5.41) is 2.80. The van der Waals surface area contributed by atoms with E-state index in [1.165, 1.54) is 12.1 Å². The first-order valence-electron chi connectivity index (χ1n) is 6.91. The van der Waals surface area contributed by atoms with Crippen molar-refractivity contribution in [3.63, 3.8) is 0 Å². The Morgan fingerprint density at radius 3 is 2.48 bits per heavy atom. The smallest absolute Gasteiger partial charge is 0.381 e. The third-order valence-corrected chi connectivity index (χ3v) is 3.79. The molecule has 1 aliphatic rings. The average molecular weight is 301 g/mol. The maximum atomic E-state index is 12.6. The Kier molecular flexibility index (Phi) is 4.88. The third-order valence-electron chi connectivity index (χ3n) is 3.79. The molecule has 2 rings (SSSR count). The highest BCUT2D eigenvalue weighted by Gasteiger charge is 2.31. The summed E-state index contributed by atoms with van der Waals surface area (Å²) in [6.45, 7) is 0. The largest absolute Gasteiger partial charge is 0.416 e. The van der Waals surface area contributed by atoms with Gasteiger partial charge in [-0.25, -0.2) is 0 Å². The Bertz CT molecular complexity index is 494. The second-order valence-electron chi connectivity index (χ2n) is 5.26. The fourth-order valence-corrected chi connectivity index (χ4v) is 2.55. The minimum atomic E-state index is -4.44. The van der Waals surface area contributed by atoms with Gasteiger partial charge in [-0.05, 0) is 43.9 Å².